The van der Waals surface area contributed by atoms with Crippen LogP contribution in [-0.4, -0.2) is 12.5 Å². The fourth-order valence-electron chi connectivity index (χ4n) is 1.58. The van der Waals surface area contributed by atoms with Gasteiger partial charge in [-0.15, -0.1) is 0 Å². The Labute approximate surface area is 115 Å². The smallest absolute Gasteiger partial charge is 0.228 e. The molecule has 3 nitrogen and oxygen atoms in total. The molecule has 1 aromatic rings. The van der Waals surface area contributed by atoms with Gasteiger partial charge in [0.05, 0.1) is 16.0 Å². The Bertz CT molecular complexity index is 417. The van der Waals surface area contributed by atoms with E-state index < -0.39 is 5.82 Å². The zero-order chi connectivity index (χ0) is 13.7. The van der Waals surface area contributed by atoms with Crippen LogP contribution in [0.15, 0.2) is 12.1 Å². The van der Waals surface area contributed by atoms with Crippen LogP contribution in [0.5, 0.6) is 0 Å². The molecule has 6 heteroatoms. The molecule has 0 radical (unpaired) electrons. The number of hydrogen-bond donors (Lipinski definition) is 2. The number of rotatable bonds is 5. The molecule has 100 valence electrons. The minimum absolute atomic E-state index is 0.127. The molecule has 0 aliphatic rings. The average Bonchev–Trinajstić information content (AvgIpc) is 2.32. The van der Waals surface area contributed by atoms with E-state index in [1.165, 1.54) is 12.1 Å². The van der Waals surface area contributed by atoms with Crippen LogP contribution < -0.4 is 11.1 Å². The second-order valence-corrected chi connectivity index (χ2v) is 4.78. The van der Waals surface area contributed by atoms with Crippen molar-refractivity contribution in [2.75, 3.05) is 11.9 Å². The molecule has 18 heavy (non-hydrogen) atoms. The van der Waals surface area contributed by atoms with Crippen LogP contribution in [0.4, 0.5) is 10.1 Å². The molecule has 0 saturated heterocycles. The summed E-state index contributed by atoms with van der Waals surface area (Å²) in [6.07, 6.45) is 1.56. The zero-order valence-electron chi connectivity index (χ0n) is 9.97. The molecular formula is C12H15Cl2FN2O. The van der Waals surface area contributed by atoms with Crippen molar-refractivity contribution in [3.8, 4) is 0 Å². The molecule has 0 aromatic heterocycles. The van der Waals surface area contributed by atoms with E-state index in [2.05, 4.69) is 5.32 Å². The van der Waals surface area contributed by atoms with E-state index in [9.17, 15) is 9.18 Å². The van der Waals surface area contributed by atoms with Crippen molar-refractivity contribution in [1.29, 1.82) is 0 Å². The van der Waals surface area contributed by atoms with Crippen LogP contribution in [0.2, 0.25) is 10.0 Å². The molecule has 1 aromatic carbocycles. The summed E-state index contributed by atoms with van der Waals surface area (Å²) in [5.74, 6) is -1.17. The van der Waals surface area contributed by atoms with Crippen LogP contribution in [-0.2, 0) is 4.79 Å². The molecule has 0 fully saturated rings. The zero-order valence-corrected chi connectivity index (χ0v) is 11.5. The molecule has 0 saturated carbocycles. The number of carbonyl (C=O) groups excluding carboxylic acids is 1. The predicted molar refractivity (Wildman–Crippen MR) is 72.5 cm³/mol. The van der Waals surface area contributed by atoms with E-state index in [0.717, 1.165) is 6.42 Å². The Morgan fingerprint density at radius 2 is 2.00 bits per heavy atom. The van der Waals surface area contributed by atoms with Crippen molar-refractivity contribution >= 4 is 34.8 Å². The molecule has 0 aliphatic heterocycles. The highest BCUT2D eigenvalue weighted by Gasteiger charge is 2.17. The van der Waals surface area contributed by atoms with Crippen molar-refractivity contribution in [3.63, 3.8) is 0 Å². The van der Waals surface area contributed by atoms with Crippen LogP contribution in [0, 0.1) is 11.7 Å². The minimum Gasteiger partial charge on any atom is -0.330 e. The highest BCUT2D eigenvalue weighted by Crippen LogP contribution is 2.27. The summed E-state index contributed by atoms with van der Waals surface area (Å²) in [6, 6.07) is 2.64. The number of nitrogens with one attached hydrogen (secondary N) is 1. The number of nitrogens with two attached hydrogens (primary N) is 1. The maximum Gasteiger partial charge on any atom is 0.228 e. The van der Waals surface area contributed by atoms with E-state index in [1.807, 2.05) is 6.92 Å². The molecule has 3 N–H and O–H groups in total. The van der Waals surface area contributed by atoms with Gasteiger partial charge in [0.2, 0.25) is 5.91 Å². The average molecular weight is 293 g/mol. The van der Waals surface area contributed by atoms with E-state index in [1.54, 1.807) is 0 Å². The fourth-order valence-corrected chi connectivity index (χ4v) is 2.06. The van der Waals surface area contributed by atoms with Gasteiger partial charge in [-0.05, 0) is 18.6 Å². The predicted octanol–water partition coefficient (Wildman–Crippen LogP) is 3.45. The number of carbonyl (C=O) groups is 1. The fraction of sp³-hybridized carbons (Fsp3) is 0.417. The summed E-state index contributed by atoms with van der Waals surface area (Å²) in [4.78, 5) is 11.9. The first kappa shape index (κ1) is 15.2. The van der Waals surface area contributed by atoms with Crippen molar-refractivity contribution in [3.05, 3.63) is 28.0 Å². The van der Waals surface area contributed by atoms with Gasteiger partial charge < -0.3 is 11.1 Å². The largest absolute Gasteiger partial charge is 0.330 e. The lowest BCUT2D eigenvalue weighted by Crippen LogP contribution is -2.29. The van der Waals surface area contributed by atoms with Crippen LogP contribution in [0.25, 0.3) is 0 Å². The molecule has 0 bridgehead atoms. The highest BCUT2D eigenvalue weighted by molar-refractivity contribution is 6.35. The molecule has 0 heterocycles. The highest BCUT2D eigenvalue weighted by atomic mass is 35.5. The normalized spacial score (nSPS) is 12.3. The second-order valence-electron chi connectivity index (χ2n) is 3.96. The van der Waals surface area contributed by atoms with E-state index in [4.69, 9.17) is 28.9 Å². The third kappa shape index (κ3) is 3.83. The first-order valence-corrected chi connectivity index (χ1v) is 6.40. The number of halogens is 3. The van der Waals surface area contributed by atoms with Gasteiger partial charge in [0.25, 0.3) is 0 Å². The molecule has 1 rings (SSSR count). The van der Waals surface area contributed by atoms with Gasteiger partial charge in [0.15, 0.2) is 5.82 Å². The molecule has 1 atom stereocenters. The lowest BCUT2D eigenvalue weighted by Gasteiger charge is -2.14. The van der Waals surface area contributed by atoms with Gasteiger partial charge in [-0.1, -0.05) is 36.5 Å². The lowest BCUT2D eigenvalue weighted by atomic mass is 10.0. The molecular weight excluding hydrogens is 278 g/mol. The van der Waals surface area contributed by atoms with Gasteiger partial charge in [0.1, 0.15) is 0 Å². The second kappa shape index (κ2) is 6.92. The summed E-state index contributed by atoms with van der Waals surface area (Å²) < 4.78 is 13.2. The first-order valence-electron chi connectivity index (χ1n) is 5.65. The van der Waals surface area contributed by atoms with Crippen LogP contribution >= 0.6 is 23.2 Å². The Morgan fingerprint density at radius 1 is 1.44 bits per heavy atom. The summed E-state index contributed by atoms with van der Waals surface area (Å²) in [5.41, 5.74) is 5.89. The Hall–Kier alpha value is -0.840. The SMILES string of the molecule is CCCC(CN)C(=O)Nc1cc(Cl)c(F)c(Cl)c1. The monoisotopic (exact) mass is 292 g/mol. The Morgan fingerprint density at radius 3 is 2.44 bits per heavy atom. The van der Waals surface area contributed by atoms with Gasteiger partial charge >= 0.3 is 0 Å². The maximum absolute atomic E-state index is 13.2. The number of benzene rings is 1. The van der Waals surface area contributed by atoms with E-state index >= 15 is 0 Å². The number of amides is 1. The topological polar surface area (TPSA) is 55.1 Å². The summed E-state index contributed by atoms with van der Waals surface area (Å²) in [6.45, 7) is 2.24. The van der Waals surface area contributed by atoms with Crippen molar-refractivity contribution in [2.45, 2.75) is 19.8 Å². The quantitative estimate of drug-likeness (QED) is 0.817. The summed E-state index contributed by atoms with van der Waals surface area (Å²) in [7, 11) is 0. The lowest BCUT2D eigenvalue weighted by molar-refractivity contribution is -0.119. The van der Waals surface area contributed by atoms with E-state index in [-0.39, 0.29) is 28.4 Å². The van der Waals surface area contributed by atoms with Crippen molar-refractivity contribution in [2.24, 2.45) is 11.7 Å². The maximum atomic E-state index is 13.2. The van der Waals surface area contributed by atoms with Gasteiger partial charge in [-0.3, -0.25) is 4.79 Å². The third-order valence-electron chi connectivity index (χ3n) is 2.54. The van der Waals surface area contributed by atoms with Gasteiger partial charge in [-0.25, -0.2) is 4.39 Å². The van der Waals surface area contributed by atoms with Crippen molar-refractivity contribution < 1.29 is 9.18 Å². The Balaban J connectivity index is 2.81. The van der Waals surface area contributed by atoms with Gasteiger partial charge in [0, 0.05) is 12.2 Å². The van der Waals surface area contributed by atoms with Crippen molar-refractivity contribution in [1.82, 2.24) is 0 Å². The first-order chi connectivity index (χ1) is 8.49. The molecule has 0 aliphatic carbocycles. The molecule has 1 amide bonds. The summed E-state index contributed by atoms with van der Waals surface area (Å²) >= 11 is 11.3. The summed E-state index contributed by atoms with van der Waals surface area (Å²) in [5, 5.41) is 2.38. The van der Waals surface area contributed by atoms with Crippen LogP contribution in [0.3, 0.4) is 0 Å². The molecule has 0 spiro atoms. The standard InChI is InChI=1S/C12H15Cl2FN2O/c1-2-3-7(6-16)12(18)17-8-4-9(13)11(15)10(14)5-8/h4-5,7H,2-3,6,16H2,1H3,(H,17,18). The van der Waals surface area contributed by atoms with Gasteiger partial charge in [-0.2, -0.15) is 0 Å². The third-order valence-corrected chi connectivity index (χ3v) is 3.09. The number of anilines is 1. The minimum atomic E-state index is -0.694. The van der Waals surface area contributed by atoms with E-state index in [0.29, 0.717) is 12.1 Å². The molecule has 1 unspecified atom stereocenters. The Kier molecular flexibility index (Phi) is 5.85. The van der Waals surface area contributed by atoms with Crippen LogP contribution in [0.1, 0.15) is 19.8 Å². The number of hydrogen-bond acceptors (Lipinski definition) is 2.